The topological polar surface area (TPSA) is 77.8 Å². The van der Waals surface area contributed by atoms with Crippen LogP contribution in [-0.4, -0.2) is 33.5 Å². The van der Waals surface area contributed by atoms with Gasteiger partial charge in [0.25, 0.3) is 0 Å². The van der Waals surface area contributed by atoms with Crippen molar-refractivity contribution in [2.24, 2.45) is 5.41 Å². The Balaban J connectivity index is 2.35. The summed E-state index contributed by atoms with van der Waals surface area (Å²) in [6.07, 6.45) is 0.240. The van der Waals surface area contributed by atoms with E-state index in [0.29, 0.717) is 25.7 Å². The van der Waals surface area contributed by atoms with Crippen LogP contribution in [0.1, 0.15) is 38.7 Å². The molecule has 3 N–H and O–H groups in total. The fourth-order valence-electron chi connectivity index (χ4n) is 2.04. The highest BCUT2D eigenvalue weighted by molar-refractivity contribution is 5.73. The average molecular weight is 280 g/mol. The number of rotatable bonds is 8. The molecule has 4 heteroatoms. The monoisotopic (exact) mass is 280 g/mol. The molecule has 0 amide bonds. The number of hydrogen-bond acceptors (Lipinski definition) is 3. The van der Waals surface area contributed by atoms with Crippen LogP contribution in [0, 0.1) is 5.41 Å². The number of aliphatic hydroxyl groups is 2. The Bertz CT molecular complexity index is 414. The predicted octanol–water partition coefficient (Wildman–Crippen LogP) is 2.23. The van der Waals surface area contributed by atoms with Crippen molar-refractivity contribution >= 4 is 5.97 Å². The first-order chi connectivity index (χ1) is 9.33. The molecular formula is C16H24O4. The molecule has 0 spiro atoms. The summed E-state index contributed by atoms with van der Waals surface area (Å²) in [5.41, 5.74) is 0.189. The normalized spacial score (nSPS) is 14.8. The standard InChI is InChI=1S/C16H24O4/c1-16(2,15(19)20)10-6-9-13(17)14(18)11-12-7-4-3-5-8-12/h3-5,7-8,13-14,17-18H,6,9-11H2,1-2H3,(H,19,20)/t13-,14-/m1/s1. The van der Waals surface area contributed by atoms with Gasteiger partial charge in [-0.15, -0.1) is 0 Å². The third-order valence-corrected chi connectivity index (χ3v) is 3.61. The molecule has 1 aromatic carbocycles. The Hall–Kier alpha value is -1.39. The lowest BCUT2D eigenvalue weighted by Crippen LogP contribution is -2.29. The van der Waals surface area contributed by atoms with E-state index in [9.17, 15) is 15.0 Å². The van der Waals surface area contributed by atoms with Gasteiger partial charge in [-0.05, 0) is 38.7 Å². The minimum absolute atomic E-state index is 0.407. The maximum Gasteiger partial charge on any atom is 0.309 e. The summed E-state index contributed by atoms with van der Waals surface area (Å²) in [6, 6.07) is 9.50. The lowest BCUT2D eigenvalue weighted by Gasteiger charge is -2.21. The van der Waals surface area contributed by atoms with Crippen molar-refractivity contribution in [2.45, 2.75) is 51.7 Å². The van der Waals surface area contributed by atoms with E-state index >= 15 is 0 Å². The largest absolute Gasteiger partial charge is 0.481 e. The molecular weight excluding hydrogens is 256 g/mol. The van der Waals surface area contributed by atoms with Crippen LogP contribution < -0.4 is 0 Å². The van der Waals surface area contributed by atoms with Crippen LogP contribution in [0.15, 0.2) is 30.3 Å². The van der Waals surface area contributed by atoms with E-state index in [1.165, 1.54) is 0 Å². The minimum Gasteiger partial charge on any atom is -0.481 e. The van der Waals surface area contributed by atoms with Crippen LogP contribution in [-0.2, 0) is 11.2 Å². The van der Waals surface area contributed by atoms with Gasteiger partial charge in [-0.3, -0.25) is 4.79 Å². The van der Waals surface area contributed by atoms with Crippen LogP contribution in [0.25, 0.3) is 0 Å². The molecule has 0 aromatic heterocycles. The van der Waals surface area contributed by atoms with E-state index in [2.05, 4.69) is 0 Å². The van der Waals surface area contributed by atoms with Crippen molar-refractivity contribution in [3.63, 3.8) is 0 Å². The molecule has 0 saturated carbocycles. The summed E-state index contributed by atoms with van der Waals surface area (Å²) in [7, 11) is 0. The molecule has 0 saturated heterocycles. The van der Waals surface area contributed by atoms with Gasteiger partial charge in [0.05, 0.1) is 17.6 Å². The molecule has 0 heterocycles. The molecule has 1 rings (SSSR count). The lowest BCUT2D eigenvalue weighted by molar-refractivity contribution is -0.147. The maximum absolute atomic E-state index is 11.0. The predicted molar refractivity (Wildman–Crippen MR) is 77.4 cm³/mol. The minimum atomic E-state index is -0.836. The third kappa shape index (κ3) is 5.31. The first-order valence-corrected chi connectivity index (χ1v) is 6.96. The van der Waals surface area contributed by atoms with E-state index in [-0.39, 0.29) is 0 Å². The molecule has 112 valence electrons. The number of carboxylic acids is 1. The average Bonchev–Trinajstić information content (AvgIpc) is 2.39. The van der Waals surface area contributed by atoms with Gasteiger partial charge in [0.2, 0.25) is 0 Å². The van der Waals surface area contributed by atoms with Crippen LogP contribution in [0.2, 0.25) is 0 Å². The summed E-state index contributed by atoms with van der Waals surface area (Å²) in [6.45, 7) is 3.34. The molecule has 0 aliphatic carbocycles. The highest BCUT2D eigenvalue weighted by atomic mass is 16.4. The number of aliphatic hydroxyl groups excluding tert-OH is 2. The Morgan fingerprint density at radius 2 is 1.75 bits per heavy atom. The van der Waals surface area contributed by atoms with E-state index in [4.69, 9.17) is 5.11 Å². The van der Waals surface area contributed by atoms with Gasteiger partial charge in [0.1, 0.15) is 0 Å². The van der Waals surface area contributed by atoms with E-state index in [1.54, 1.807) is 13.8 Å². The fourth-order valence-corrected chi connectivity index (χ4v) is 2.04. The van der Waals surface area contributed by atoms with E-state index in [1.807, 2.05) is 30.3 Å². The molecule has 0 bridgehead atoms. The van der Waals surface area contributed by atoms with E-state index < -0.39 is 23.6 Å². The van der Waals surface area contributed by atoms with Crippen molar-refractivity contribution in [1.82, 2.24) is 0 Å². The second-order valence-corrected chi connectivity index (χ2v) is 5.91. The first kappa shape index (κ1) is 16.7. The SMILES string of the molecule is CC(C)(CCC[C@@H](O)[C@H](O)Cc1ccccc1)C(=O)O. The molecule has 0 unspecified atom stereocenters. The van der Waals surface area contributed by atoms with Crippen molar-refractivity contribution in [3.8, 4) is 0 Å². The molecule has 0 aliphatic heterocycles. The summed E-state index contributed by atoms with van der Waals surface area (Å²) in [5.74, 6) is -0.836. The van der Waals surface area contributed by atoms with Gasteiger partial charge in [-0.2, -0.15) is 0 Å². The molecule has 2 atom stereocenters. The molecule has 1 aromatic rings. The number of aliphatic carboxylic acids is 1. The van der Waals surface area contributed by atoms with Gasteiger partial charge in [0, 0.05) is 6.42 Å². The second kappa shape index (κ2) is 7.41. The van der Waals surface area contributed by atoms with Crippen LogP contribution in [0.4, 0.5) is 0 Å². The summed E-state index contributed by atoms with van der Waals surface area (Å²) < 4.78 is 0. The molecule has 0 fully saturated rings. The Morgan fingerprint density at radius 1 is 1.15 bits per heavy atom. The Morgan fingerprint density at radius 3 is 2.30 bits per heavy atom. The van der Waals surface area contributed by atoms with Crippen molar-refractivity contribution < 1.29 is 20.1 Å². The summed E-state index contributed by atoms with van der Waals surface area (Å²) >= 11 is 0. The van der Waals surface area contributed by atoms with Crippen LogP contribution in [0.3, 0.4) is 0 Å². The van der Waals surface area contributed by atoms with Crippen LogP contribution >= 0.6 is 0 Å². The molecule has 0 aliphatic rings. The zero-order chi connectivity index (χ0) is 15.2. The number of hydrogen-bond donors (Lipinski definition) is 3. The Kier molecular flexibility index (Phi) is 6.17. The van der Waals surface area contributed by atoms with Crippen molar-refractivity contribution in [1.29, 1.82) is 0 Å². The zero-order valence-electron chi connectivity index (χ0n) is 12.1. The van der Waals surface area contributed by atoms with Gasteiger partial charge >= 0.3 is 5.97 Å². The fraction of sp³-hybridized carbons (Fsp3) is 0.562. The first-order valence-electron chi connectivity index (χ1n) is 6.96. The van der Waals surface area contributed by atoms with Crippen LogP contribution in [0.5, 0.6) is 0 Å². The maximum atomic E-state index is 11.0. The quantitative estimate of drug-likeness (QED) is 0.682. The number of benzene rings is 1. The smallest absolute Gasteiger partial charge is 0.309 e. The number of carboxylic acid groups (broad SMARTS) is 1. The third-order valence-electron chi connectivity index (χ3n) is 3.61. The Labute approximate surface area is 120 Å². The van der Waals surface area contributed by atoms with Gasteiger partial charge in [-0.25, -0.2) is 0 Å². The van der Waals surface area contributed by atoms with Gasteiger partial charge in [0.15, 0.2) is 0 Å². The zero-order valence-corrected chi connectivity index (χ0v) is 12.1. The van der Waals surface area contributed by atoms with Crippen molar-refractivity contribution in [3.05, 3.63) is 35.9 Å². The molecule has 20 heavy (non-hydrogen) atoms. The lowest BCUT2D eigenvalue weighted by atomic mass is 9.86. The summed E-state index contributed by atoms with van der Waals surface area (Å²) in [4.78, 5) is 11.0. The summed E-state index contributed by atoms with van der Waals surface area (Å²) in [5, 5.41) is 28.9. The number of carbonyl (C=O) groups is 1. The second-order valence-electron chi connectivity index (χ2n) is 5.91. The van der Waals surface area contributed by atoms with Gasteiger partial charge in [-0.1, -0.05) is 30.3 Å². The van der Waals surface area contributed by atoms with Crippen molar-refractivity contribution in [2.75, 3.05) is 0 Å². The highest BCUT2D eigenvalue weighted by Gasteiger charge is 2.27. The highest BCUT2D eigenvalue weighted by Crippen LogP contribution is 2.24. The van der Waals surface area contributed by atoms with E-state index in [0.717, 1.165) is 5.56 Å². The van der Waals surface area contributed by atoms with Gasteiger partial charge < -0.3 is 15.3 Å². The molecule has 0 radical (unpaired) electrons. The molecule has 4 nitrogen and oxygen atoms in total.